The van der Waals surface area contributed by atoms with E-state index in [-0.39, 0.29) is 23.8 Å². The second kappa shape index (κ2) is 6.33. The van der Waals surface area contributed by atoms with Gasteiger partial charge in [0.05, 0.1) is 18.7 Å². The molecule has 1 saturated heterocycles. The van der Waals surface area contributed by atoms with E-state index in [0.29, 0.717) is 36.8 Å². The first kappa shape index (κ1) is 16.2. The Labute approximate surface area is 155 Å². The Balaban J connectivity index is 1.20. The molecule has 3 heterocycles. The van der Waals surface area contributed by atoms with Crippen LogP contribution in [0.15, 0.2) is 45.7 Å². The van der Waals surface area contributed by atoms with Crippen LogP contribution in [0.2, 0.25) is 0 Å². The fourth-order valence-corrected chi connectivity index (χ4v) is 3.65. The van der Waals surface area contributed by atoms with E-state index in [1.165, 1.54) is 0 Å². The van der Waals surface area contributed by atoms with Gasteiger partial charge in [0.25, 0.3) is 5.56 Å². The molecule has 0 unspecified atom stereocenters. The van der Waals surface area contributed by atoms with Gasteiger partial charge in [-0.05, 0) is 31.0 Å². The summed E-state index contributed by atoms with van der Waals surface area (Å²) < 4.78 is 6.82. The predicted molar refractivity (Wildman–Crippen MR) is 98.3 cm³/mol. The fourth-order valence-electron chi connectivity index (χ4n) is 3.65. The Morgan fingerprint density at radius 3 is 2.78 bits per heavy atom. The largest absolute Gasteiger partial charge is 0.356 e. The molecule has 1 aliphatic carbocycles. The fraction of sp³-hybridized carbons (Fsp3) is 0.400. The molecule has 0 bridgehead atoms. The second-order valence-electron chi connectivity index (χ2n) is 7.52. The smallest absolute Gasteiger partial charge is 0.266 e. The molecule has 0 N–H and O–H groups in total. The number of carbonyl (C=O) groups is 1. The first-order valence-corrected chi connectivity index (χ1v) is 9.36. The number of rotatable bonds is 5. The van der Waals surface area contributed by atoms with E-state index >= 15 is 0 Å². The SMILES string of the molecule is O=C(Cc1noc2ccccc12)N1CC(Cn2nc(C3CC3)ccc2=O)C1. The summed E-state index contributed by atoms with van der Waals surface area (Å²) in [6.45, 7) is 1.86. The number of fused-ring (bicyclic) bond motifs is 1. The lowest BCUT2D eigenvalue weighted by molar-refractivity contribution is -0.137. The van der Waals surface area contributed by atoms with E-state index in [0.717, 1.165) is 23.9 Å². The van der Waals surface area contributed by atoms with Crippen LogP contribution >= 0.6 is 0 Å². The number of amides is 1. The van der Waals surface area contributed by atoms with E-state index in [4.69, 9.17) is 4.52 Å². The van der Waals surface area contributed by atoms with Crippen LogP contribution < -0.4 is 5.56 Å². The van der Waals surface area contributed by atoms with Crippen LogP contribution in [0.25, 0.3) is 11.0 Å². The van der Waals surface area contributed by atoms with Gasteiger partial charge in [0.2, 0.25) is 5.91 Å². The molecule has 2 fully saturated rings. The van der Waals surface area contributed by atoms with Crippen molar-refractivity contribution in [2.45, 2.75) is 31.7 Å². The maximum atomic E-state index is 12.5. The molecule has 0 radical (unpaired) electrons. The molecule has 7 heteroatoms. The summed E-state index contributed by atoms with van der Waals surface area (Å²) in [4.78, 5) is 26.4. The Hall–Kier alpha value is -2.96. The Morgan fingerprint density at radius 2 is 1.96 bits per heavy atom. The van der Waals surface area contributed by atoms with Crippen LogP contribution in [0.3, 0.4) is 0 Å². The Kier molecular flexibility index (Phi) is 3.81. The normalized spacial score (nSPS) is 17.3. The van der Waals surface area contributed by atoms with E-state index in [2.05, 4.69) is 10.3 Å². The van der Waals surface area contributed by atoms with Gasteiger partial charge >= 0.3 is 0 Å². The molecule has 2 aromatic heterocycles. The summed E-state index contributed by atoms with van der Waals surface area (Å²) in [6, 6.07) is 11.0. The highest BCUT2D eigenvalue weighted by Crippen LogP contribution is 2.38. The number of hydrogen-bond donors (Lipinski definition) is 0. The topological polar surface area (TPSA) is 81.2 Å². The van der Waals surface area contributed by atoms with Gasteiger partial charge in [0, 0.05) is 36.4 Å². The van der Waals surface area contributed by atoms with Crippen molar-refractivity contribution in [3.63, 3.8) is 0 Å². The van der Waals surface area contributed by atoms with Crippen molar-refractivity contribution < 1.29 is 9.32 Å². The lowest BCUT2D eigenvalue weighted by atomic mass is 9.99. The molecular formula is C20H20N4O3. The van der Waals surface area contributed by atoms with Gasteiger partial charge in [-0.2, -0.15) is 5.10 Å². The quantitative estimate of drug-likeness (QED) is 0.691. The highest BCUT2D eigenvalue weighted by molar-refractivity contribution is 5.86. The van der Waals surface area contributed by atoms with Crippen LogP contribution in [0.4, 0.5) is 0 Å². The number of aromatic nitrogens is 3. The van der Waals surface area contributed by atoms with Crippen molar-refractivity contribution in [2.24, 2.45) is 5.92 Å². The van der Waals surface area contributed by atoms with E-state index < -0.39 is 0 Å². The van der Waals surface area contributed by atoms with Gasteiger partial charge in [-0.3, -0.25) is 9.59 Å². The molecule has 0 spiro atoms. The van der Waals surface area contributed by atoms with Crippen LogP contribution in [0.5, 0.6) is 0 Å². The molecule has 138 valence electrons. The van der Waals surface area contributed by atoms with Gasteiger partial charge in [-0.15, -0.1) is 0 Å². The molecule has 0 atom stereocenters. The summed E-state index contributed by atoms with van der Waals surface area (Å²) in [7, 11) is 0. The maximum absolute atomic E-state index is 12.5. The predicted octanol–water partition coefficient (Wildman–Crippen LogP) is 1.96. The molecule has 1 amide bonds. The minimum Gasteiger partial charge on any atom is -0.356 e. The van der Waals surface area contributed by atoms with Crippen molar-refractivity contribution in [3.05, 3.63) is 58.1 Å². The minimum absolute atomic E-state index is 0.0392. The second-order valence-corrected chi connectivity index (χ2v) is 7.52. The van der Waals surface area contributed by atoms with E-state index in [1.807, 2.05) is 35.2 Å². The summed E-state index contributed by atoms with van der Waals surface area (Å²) in [5.74, 6) is 0.827. The number of benzene rings is 1. The molecular weight excluding hydrogens is 344 g/mol. The average Bonchev–Trinajstić information content (AvgIpc) is 3.41. The zero-order chi connectivity index (χ0) is 18.4. The van der Waals surface area contributed by atoms with Crippen molar-refractivity contribution in [3.8, 4) is 0 Å². The molecule has 5 rings (SSSR count). The molecule has 1 aromatic carbocycles. The van der Waals surface area contributed by atoms with Crippen LogP contribution in [0, 0.1) is 5.92 Å². The number of para-hydroxylation sites is 1. The van der Waals surface area contributed by atoms with Crippen molar-refractivity contribution in [2.75, 3.05) is 13.1 Å². The summed E-state index contributed by atoms with van der Waals surface area (Å²) in [5.41, 5.74) is 2.31. The first-order valence-electron chi connectivity index (χ1n) is 9.36. The van der Waals surface area contributed by atoms with E-state index in [9.17, 15) is 9.59 Å². The number of likely N-dealkylation sites (tertiary alicyclic amines) is 1. The van der Waals surface area contributed by atoms with Crippen molar-refractivity contribution in [1.82, 2.24) is 19.8 Å². The third-order valence-corrected chi connectivity index (χ3v) is 5.39. The van der Waals surface area contributed by atoms with Gasteiger partial charge < -0.3 is 9.42 Å². The summed E-state index contributed by atoms with van der Waals surface area (Å²) in [5, 5.41) is 9.41. The van der Waals surface area contributed by atoms with Crippen LogP contribution in [-0.4, -0.2) is 38.8 Å². The number of carbonyl (C=O) groups excluding carboxylic acids is 1. The van der Waals surface area contributed by atoms with E-state index in [1.54, 1.807) is 10.7 Å². The van der Waals surface area contributed by atoms with Crippen molar-refractivity contribution in [1.29, 1.82) is 0 Å². The number of hydrogen-bond acceptors (Lipinski definition) is 5. The van der Waals surface area contributed by atoms with Crippen LogP contribution in [-0.2, 0) is 17.8 Å². The lowest BCUT2D eigenvalue weighted by Gasteiger charge is -2.39. The van der Waals surface area contributed by atoms with Gasteiger partial charge in [-0.25, -0.2) is 4.68 Å². The van der Waals surface area contributed by atoms with Gasteiger partial charge in [0.15, 0.2) is 5.58 Å². The van der Waals surface area contributed by atoms with Gasteiger partial charge in [0.1, 0.15) is 5.69 Å². The molecule has 3 aromatic rings. The Morgan fingerprint density at radius 1 is 1.15 bits per heavy atom. The molecule has 2 aliphatic rings. The minimum atomic E-state index is -0.0711. The zero-order valence-electron chi connectivity index (χ0n) is 14.9. The first-order chi connectivity index (χ1) is 13.2. The van der Waals surface area contributed by atoms with Gasteiger partial charge in [-0.1, -0.05) is 17.3 Å². The monoisotopic (exact) mass is 364 g/mol. The summed E-state index contributed by atoms with van der Waals surface area (Å²) >= 11 is 0. The highest BCUT2D eigenvalue weighted by atomic mass is 16.5. The number of nitrogens with zero attached hydrogens (tertiary/aromatic N) is 4. The van der Waals surface area contributed by atoms with Crippen LogP contribution in [0.1, 0.15) is 30.1 Å². The maximum Gasteiger partial charge on any atom is 0.266 e. The third kappa shape index (κ3) is 3.13. The van der Waals surface area contributed by atoms with Crippen molar-refractivity contribution >= 4 is 16.9 Å². The molecule has 7 nitrogen and oxygen atoms in total. The highest BCUT2D eigenvalue weighted by Gasteiger charge is 2.32. The lowest BCUT2D eigenvalue weighted by Crippen LogP contribution is -2.52. The Bertz CT molecular complexity index is 1060. The molecule has 1 saturated carbocycles. The molecule has 27 heavy (non-hydrogen) atoms. The third-order valence-electron chi connectivity index (χ3n) is 5.39. The zero-order valence-corrected chi connectivity index (χ0v) is 14.9. The summed E-state index contributed by atoms with van der Waals surface area (Å²) in [6.07, 6.45) is 2.56. The average molecular weight is 364 g/mol. The standard InChI is InChI=1S/C20H20N4O3/c25-19-8-7-16(14-5-6-14)21-24(19)12-13-10-23(11-13)20(26)9-17-15-3-1-2-4-18(15)27-22-17/h1-4,7-8,13-14H,5-6,9-12H2. The molecule has 1 aliphatic heterocycles.